The fourth-order valence-electron chi connectivity index (χ4n) is 3.78. The van der Waals surface area contributed by atoms with Crippen LogP contribution in [0.3, 0.4) is 0 Å². The van der Waals surface area contributed by atoms with Gasteiger partial charge in [-0.15, -0.1) is 0 Å². The minimum Gasteiger partial charge on any atom is -0.376 e. The van der Waals surface area contributed by atoms with Crippen molar-refractivity contribution in [2.24, 2.45) is 0 Å². The van der Waals surface area contributed by atoms with E-state index in [-0.39, 0.29) is 23.6 Å². The minimum absolute atomic E-state index is 0.0294. The normalized spacial score (nSPS) is 16.1. The Hall–Kier alpha value is -2.64. The second kappa shape index (κ2) is 9.88. The number of fused-ring (bicyclic) bond motifs is 1. The number of hydrogen-bond donors (Lipinski definition) is 1. The van der Waals surface area contributed by atoms with Gasteiger partial charge in [0.25, 0.3) is 11.5 Å². The highest BCUT2D eigenvalue weighted by Gasteiger charge is 2.21. The number of amides is 1. The van der Waals surface area contributed by atoms with Crippen molar-refractivity contribution in [1.29, 1.82) is 0 Å². The maximum absolute atomic E-state index is 13.4. The monoisotopic (exact) mass is 451 g/mol. The van der Waals surface area contributed by atoms with Crippen molar-refractivity contribution in [3.8, 4) is 0 Å². The van der Waals surface area contributed by atoms with Gasteiger partial charge in [-0.2, -0.15) is 0 Å². The highest BCUT2D eigenvalue weighted by molar-refractivity contribution is 7.98. The third-order valence-electron chi connectivity index (χ3n) is 5.50. The summed E-state index contributed by atoms with van der Waals surface area (Å²) in [6, 6.07) is 13.5. The summed E-state index contributed by atoms with van der Waals surface area (Å²) in [7, 11) is 0. The third kappa shape index (κ3) is 5.22. The molecule has 1 aliphatic heterocycles. The molecule has 2 aromatic carbocycles. The number of rotatable bonds is 7. The molecule has 7 heteroatoms. The van der Waals surface area contributed by atoms with Crippen molar-refractivity contribution < 1.29 is 9.53 Å². The van der Waals surface area contributed by atoms with Gasteiger partial charge < -0.3 is 10.1 Å². The van der Waals surface area contributed by atoms with Crippen LogP contribution in [0.5, 0.6) is 0 Å². The molecule has 0 saturated carbocycles. The van der Waals surface area contributed by atoms with Gasteiger partial charge in [-0.3, -0.25) is 14.2 Å². The van der Waals surface area contributed by atoms with Crippen molar-refractivity contribution in [2.45, 2.75) is 63.2 Å². The molecule has 1 N–H and O–H groups in total. The number of aromatic nitrogens is 2. The SMILES string of the molecule is Cc1ccc(CSc2nc3cc(C(=O)NC(C)C)ccc3c(=O)n2C[C@H]2CCCO2)cc1. The molecule has 1 aromatic heterocycles. The molecule has 3 aromatic rings. The summed E-state index contributed by atoms with van der Waals surface area (Å²) in [6.45, 7) is 7.13. The summed E-state index contributed by atoms with van der Waals surface area (Å²) in [4.78, 5) is 30.7. The van der Waals surface area contributed by atoms with Crippen LogP contribution in [0, 0.1) is 6.92 Å². The molecule has 0 radical (unpaired) electrons. The van der Waals surface area contributed by atoms with Crippen molar-refractivity contribution >= 4 is 28.6 Å². The van der Waals surface area contributed by atoms with Crippen LogP contribution in [0.4, 0.5) is 0 Å². The molecule has 0 spiro atoms. The van der Waals surface area contributed by atoms with E-state index >= 15 is 0 Å². The smallest absolute Gasteiger partial charge is 0.262 e. The average molecular weight is 452 g/mol. The van der Waals surface area contributed by atoms with Crippen molar-refractivity contribution in [1.82, 2.24) is 14.9 Å². The molecule has 4 rings (SSSR count). The van der Waals surface area contributed by atoms with Gasteiger partial charge in [-0.1, -0.05) is 41.6 Å². The lowest BCUT2D eigenvalue weighted by Crippen LogP contribution is -2.31. The number of nitrogens with one attached hydrogen (secondary N) is 1. The fraction of sp³-hybridized carbons (Fsp3) is 0.400. The van der Waals surface area contributed by atoms with Crippen LogP contribution in [-0.2, 0) is 17.0 Å². The molecule has 32 heavy (non-hydrogen) atoms. The van der Waals surface area contributed by atoms with E-state index in [0.29, 0.717) is 33.9 Å². The Kier molecular flexibility index (Phi) is 6.96. The van der Waals surface area contributed by atoms with Gasteiger partial charge in [-0.25, -0.2) is 4.98 Å². The Morgan fingerprint density at radius 1 is 1.25 bits per heavy atom. The van der Waals surface area contributed by atoms with E-state index in [1.54, 1.807) is 22.8 Å². The zero-order valence-electron chi connectivity index (χ0n) is 18.8. The van der Waals surface area contributed by atoms with Crippen LogP contribution >= 0.6 is 11.8 Å². The highest BCUT2D eigenvalue weighted by Crippen LogP contribution is 2.24. The Bertz CT molecular complexity index is 1170. The number of carbonyl (C=O) groups is 1. The standard InChI is InChI=1S/C25H29N3O3S/c1-16(2)26-23(29)19-10-11-21-22(13-19)27-25(32-15-18-8-6-17(3)7-9-18)28(24(21)30)14-20-5-4-12-31-20/h6-11,13,16,20H,4-5,12,14-15H2,1-3H3,(H,26,29)/t20-/m1/s1. The van der Waals surface area contributed by atoms with E-state index in [2.05, 4.69) is 36.5 Å². The Balaban J connectivity index is 1.71. The van der Waals surface area contributed by atoms with E-state index in [1.807, 2.05) is 13.8 Å². The van der Waals surface area contributed by atoms with E-state index in [9.17, 15) is 9.59 Å². The summed E-state index contributed by atoms with van der Waals surface area (Å²) >= 11 is 1.54. The number of nitrogens with zero attached hydrogens (tertiary/aromatic N) is 2. The first kappa shape index (κ1) is 22.6. The van der Waals surface area contributed by atoms with Gasteiger partial charge >= 0.3 is 0 Å². The second-order valence-electron chi connectivity index (χ2n) is 8.58. The molecule has 1 saturated heterocycles. The van der Waals surface area contributed by atoms with Gasteiger partial charge in [0.05, 0.1) is 23.6 Å². The van der Waals surface area contributed by atoms with Crippen LogP contribution in [-0.4, -0.2) is 34.2 Å². The number of benzene rings is 2. The quantitative estimate of drug-likeness (QED) is 0.428. The Labute approximate surface area is 192 Å². The number of hydrogen-bond acceptors (Lipinski definition) is 5. The molecule has 1 fully saturated rings. The van der Waals surface area contributed by atoms with Crippen molar-refractivity contribution in [3.63, 3.8) is 0 Å². The number of thioether (sulfide) groups is 1. The largest absolute Gasteiger partial charge is 0.376 e. The molecule has 168 valence electrons. The van der Waals surface area contributed by atoms with Gasteiger partial charge in [0.1, 0.15) is 0 Å². The van der Waals surface area contributed by atoms with Crippen LogP contribution in [0.2, 0.25) is 0 Å². The highest BCUT2D eigenvalue weighted by atomic mass is 32.2. The van der Waals surface area contributed by atoms with Gasteiger partial charge in [0.15, 0.2) is 5.16 Å². The van der Waals surface area contributed by atoms with Crippen molar-refractivity contribution in [2.75, 3.05) is 6.61 Å². The molecule has 2 heterocycles. The van der Waals surface area contributed by atoms with Crippen molar-refractivity contribution in [3.05, 3.63) is 69.5 Å². The maximum atomic E-state index is 13.4. The summed E-state index contributed by atoms with van der Waals surface area (Å²) in [5, 5.41) is 4.06. The lowest BCUT2D eigenvalue weighted by molar-refractivity contribution is 0.0937. The number of carbonyl (C=O) groups excluding carboxylic acids is 1. The Morgan fingerprint density at radius 3 is 2.72 bits per heavy atom. The molecule has 1 atom stereocenters. The first-order valence-electron chi connectivity index (χ1n) is 11.1. The lowest BCUT2D eigenvalue weighted by atomic mass is 10.1. The predicted molar refractivity (Wildman–Crippen MR) is 128 cm³/mol. The number of ether oxygens (including phenoxy) is 1. The van der Waals surface area contributed by atoms with Crippen LogP contribution in [0.25, 0.3) is 10.9 Å². The van der Waals surface area contributed by atoms with Gasteiger partial charge in [0.2, 0.25) is 0 Å². The molecule has 0 aliphatic carbocycles. The summed E-state index contributed by atoms with van der Waals surface area (Å²) < 4.78 is 7.53. The Morgan fingerprint density at radius 2 is 2.03 bits per heavy atom. The van der Waals surface area contributed by atoms with E-state index in [1.165, 1.54) is 22.9 Å². The molecule has 0 bridgehead atoms. The minimum atomic E-state index is -0.166. The molecule has 0 unspecified atom stereocenters. The first-order chi connectivity index (χ1) is 15.4. The second-order valence-corrected chi connectivity index (χ2v) is 9.52. The average Bonchev–Trinajstić information content (AvgIpc) is 3.28. The fourth-order valence-corrected chi connectivity index (χ4v) is 4.75. The maximum Gasteiger partial charge on any atom is 0.262 e. The molecule has 1 aliphatic rings. The van der Waals surface area contributed by atoms with E-state index < -0.39 is 0 Å². The zero-order chi connectivity index (χ0) is 22.7. The predicted octanol–water partition coefficient (Wildman–Crippen LogP) is 4.31. The summed E-state index contributed by atoms with van der Waals surface area (Å²) in [5.74, 6) is 0.540. The van der Waals surface area contributed by atoms with Crippen LogP contribution < -0.4 is 10.9 Å². The molecule has 6 nitrogen and oxygen atoms in total. The zero-order valence-corrected chi connectivity index (χ0v) is 19.6. The topological polar surface area (TPSA) is 73.2 Å². The lowest BCUT2D eigenvalue weighted by Gasteiger charge is -2.17. The molecule has 1 amide bonds. The first-order valence-corrected chi connectivity index (χ1v) is 12.0. The molecular formula is C25H29N3O3S. The third-order valence-corrected chi connectivity index (χ3v) is 6.55. The van der Waals surface area contributed by atoms with E-state index in [4.69, 9.17) is 9.72 Å². The van der Waals surface area contributed by atoms with E-state index in [0.717, 1.165) is 19.4 Å². The van der Waals surface area contributed by atoms with Gasteiger partial charge in [0, 0.05) is 24.0 Å². The van der Waals surface area contributed by atoms with Crippen LogP contribution in [0.15, 0.2) is 52.4 Å². The summed E-state index contributed by atoms with van der Waals surface area (Å²) in [5.41, 5.74) is 3.34. The van der Waals surface area contributed by atoms with Gasteiger partial charge in [-0.05, 0) is 57.4 Å². The number of aryl methyl sites for hydroxylation is 1. The summed E-state index contributed by atoms with van der Waals surface area (Å²) in [6.07, 6.45) is 1.99. The van der Waals surface area contributed by atoms with Crippen LogP contribution in [0.1, 0.15) is 48.2 Å². The molecular weight excluding hydrogens is 422 g/mol.